The Morgan fingerprint density at radius 2 is 2.07 bits per heavy atom. The molecule has 1 aliphatic rings. The van der Waals surface area contributed by atoms with Crippen LogP contribution in [0.15, 0.2) is 18.2 Å². The van der Waals surface area contributed by atoms with E-state index in [2.05, 4.69) is 31.3 Å². The van der Waals surface area contributed by atoms with Crippen LogP contribution >= 0.6 is 12.4 Å². The number of nitrogen functional groups attached to an aromatic ring is 1. The van der Waals surface area contributed by atoms with Crippen molar-refractivity contribution in [1.82, 2.24) is 5.32 Å². The van der Waals surface area contributed by atoms with E-state index in [1.165, 1.54) is 11.1 Å². The van der Waals surface area contributed by atoms with Crippen molar-refractivity contribution in [2.24, 2.45) is 0 Å². The lowest BCUT2D eigenvalue weighted by atomic mass is 9.79. The number of benzene rings is 1. The van der Waals surface area contributed by atoms with Crippen LogP contribution in [-0.4, -0.2) is 6.54 Å². The molecule has 0 bridgehead atoms. The van der Waals surface area contributed by atoms with Gasteiger partial charge in [-0.15, -0.1) is 12.4 Å². The minimum Gasteiger partial charge on any atom is -0.399 e. The highest BCUT2D eigenvalue weighted by atomic mass is 35.5. The zero-order valence-electron chi connectivity index (χ0n) is 8.63. The normalized spacial score (nSPS) is 18.1. The van der Waals surface area contributed by atoms with Gasteiger partial charge >= 0.3 is 0 Å². The first-order valence-electron chi connectivity index (χ1n) is 4.69. The number of anilines is 1. The highest BCUT2D eigenvalue weighted by Crippen LogP contribution is 2.30. The van der Waals surface area contributed by atoms with Gasteiger partial charge in [-0.05, 0) is 23.3 Å². The molecule has 1 aromatic carbocycles. The van der Waals surface area contributed by atoms with Crippen molar-refractivity contribution in [2.45, 2.75) is 25.8 Å². The maximum absolute atomic E-state index is 5.74. The van der Waals surface area contributed by atoms with Crippen LogP contribution in [0.3, 0.4) is 0 Å². The minimum atomic E-state index is 0. The van der Waals surface area contributed by atoms with Crippen molar-refractivity contribution in [3.8, 4) is 0 Å². The molecule has 1 aromatic rings. The molecule has 0 aromatic heterocycles. The topological polar surface area (TPSA) is 38.0 Å². The first kappa shape index (κ1) is 11.3. The van der Waals surface area contributed by atoms with Crippen molar-refractivity contribution in [2.75, 3.05) is 12.3 Å². The van der Waals surface area contributed by atoms with Gasteiger partial charge in [0.25, 0.3) is 0 Å². The Balaban J connectivity index is 0.000000980. The van der Waals surface area contributed by atoms with E-state index in [1.807, 2.05) is 6.07 Å². The second-order valence-electron chi connectivity index (χ2n) is 4.40. The van der Waals surface area contributed by atoms with Crippen molar-refractivity contribution in [3.05, 3.63) is 29.3 Å². The third-order valence-corrected chi connectivity index (χ3v) is 2.74. The largest absolute Gasteiger partial charge is 0.399 e. The van der Waals surface area contributed by atoms with Gasteiger partial charge in [-0.3, -0.25) is 0 Å². The molecule has 0 amide bonds. The zero-order chi connectivity index (χ0) is 9.47. The molecule has 0 saturated heterocycles. The molecule has 0 spiro atoms. The van der Waals surface area contributed by atoms with E-state index in [1.54, 1.807) is 0 Å². The number of nitrogens with one attached hydrogen (secondary N) is 1. The molecule has 0 radical (unpaired) electrons. The van der Waals surface area contributed by atoms with E-state index in [9.17, 15) is 0 Å². The van der Waals surface area contributed by atoms with Crippen molar-refractivity contribution in [1.29, 1.82) is 0 Å². The van der Waals surface area contributed by atoms with Crippen molar-refractivity contribution in [3.63, 3.8) is 0 Å². The van der Waals surface area contributed by atoms with E-state index < -0.39 is 0 Å². The van der Waals surface area contributed by atoms with Gasteiger partial charge in [0.15, 0.2) is 0 Å². The van der Waals surface area contributed by atoms with Gasteiger partial charge in [0.1, 0.15) is 0 Å². The molecule has 1 aliphatic heterocycles. The predicted molar refractivity (Wildman–Crippen MR) is 62.8 cm³/mol. The molecule has 78 valence electrons. The SMILES string of the molecule is CC1(C)CNCc2cc(N)ccc21.Cl. The van der Waals surface area contributed by atoms with Crippen LogP contribution < -0.4 is 11.1 Å². The Bertz CT molecular complexity index is 334. The summed E-state index contributed by atoms with van der Waals surface area (Å²) in [5.74, 6) is 0. The van der Waals surface area contributed by atoms with Crippen LogP contribution in [0.25, 0.3) is 0 Å². The number of nitrogens with two attached hydrogens (primary N) is 1. The Kier molecular flexibility index (Phi) is 3.07. The molecule has 2 rings (SSSR count). The fourth-order valence-corrected chi connectivity index (χ4v) is 2.03. The van der Waals surface area contributed by atoms with Crippen LogP contribution in [-0.2, 0) is 12.0 Å². The fraction of sp³-hybridized carbons (Fsp3) is 0.455. The summed E-state index contributed by atoms with van der Waals surface area (Å²) in [5.41, 5.74) is 9.61. The molecule has 3 heteroatoms. The van der Waals surface area contributed by atoms with E-state index in [0.717, 1.165) is 18.8 Å². The molecule has 1 heterocycles. The molecule has 3 N–H and O–H groups in total. The number of rotatable bonds is 0. The van der Waals surface area contributed by atoms with Gasteiger partial charge < -0.3 is 11.1 Å². The lowest BCUT2D eigenvalue weighted by Gasteiger charge is -2.33. The Morgan fingerprint density at radius 1 is 1.36 bits per heavy atom. The van der Waals surface area contributed by atoms with Gasteiger partial charge in [0.05, 0.1) is 0 Å². The summed E-state index contributed by atoms with van der Waals surface area (Å²) < 4.78 is 0. The molecule has 0 unspecified atom stereocenters. The second kappa shape index (κ2) is 3.79. The van der Waals surface area contributed by atoms with E-state index >= 15 is 0 Å². The van der Waals surface area contributed by atoms with Gasteiger partial charge in [0, 0.05) is 24.2 Å². The van der Waals surface area contributed by atoms with Gasteiger partial charge in [-0.25, -0.2) is 0 Å². The average Bonchev–Trinajstić information content (AvgIpc) is 2.02. The number of fused-ring (bicyclic) bond motifs is 1. The number of hydrogen-bond acceptors (Lipinski definition) is 2. The summed E-state index contributed by atoms with van der Waals surface area (Å²) >= 11 is 0. The summed E-state index contributed by atoms with van der Waals surface area (Å²) in [4.78, 5) is 0. The van der Waals surface area contributed by atoms with Crippen LogP contribution in [0.1, 0.15) is 25.0 Å². The van der Waals surface area contributed by atoms with Crippen molar-refractivity contribution >= 4 is 18.1 Å². The first-order valence-corrected chi connectivity index (χ1v) is 4.69. The molecule has 0 atom stereocenters. The monoisotopic (exact) mass is 212 g/mol. The van der Waals surface area contributed by atoms with Crippen LogP contribution in [0.2, 0.25) is 0 Å². The second-order valence-corrected chi connectivity index (χ2v) is 4.40. The van der Waals surface area contributed by atoms with E-state index in [-0.39, 0.29) is 17.8 Å². The van der Waals surface area contributed by atoms with Gasteiger partial charge in [0.2, 0.25) is 0 Å². The Hall–Kier alpha value is -0.730. The Labute approximate surface area is 91.3 Å². The van der Waals surface area contributed by atoms with Crippen molar-refractivity contribution < 1.29 is 0 Å². The average molecular weight is 213 g/mol. The zero-order valence-corrected chi connectivity index (χ0v) is 9.45. The summed E-state index contributed by atoms with van der Waals surface area (Å²) in [6.45, 7) is 6.51. The van der Waals surface area contributed by atoms with Crippen LogP contribution in [0.5, 0.6) is 0 Å². The summed E-state index contributed by atoms with van der Waals surface area (Å²) in [6, 6.07) is 6.22. The molecule has 2 nitrogen and oxygen atoms in total. The molecular formula is C11H17ClN2. The van der Waals surface area contributed by atoms with E-state index in [0.29, 0.717) is 0 Å². The summed E-state index contributed by atoms with van der Waals surface area (Å²) in [7, 11) is 0. The highest BCUT2D eigenvalue weighted by Gasteiger charge is 2.26. The lowest BCUT2D eigenvalue weighted by molar-refractivity contribution is 0.435. The fourth-order valence-electron chi connectivity index (χ4n) is 2.03. The summed E-state index contributed by atoms with van der Waals surface area (Å²) in [5, 5.41) is 3.40. The first-order chi connectivity index (χ1) is 6.09. The Morgan fingerprint density at radius 3 is 2.79 bits per heavy atom. The minimum absolute atomic E-state index is 0. The predicted octanol–water partition coefficient (Wildman–Crippen LogP) is 2.07. The standard InChI is InChI=1S/C11H16N2.ClH/c1-11(2)7-13-6-8-5-9(12)3-4-10(8)11;/h3-5,13H,6-7,12H2,1-2H3;1H. The maximum atomic E-state index is 5.74. The maximum Gasteiger partial charge on any atom is 0.0317 e. The molecular weight excluding hydrogens is 196 g/mol. The number of hydrogen-bond donors (Lipinski definition) is 2. The van der Waals surface area contributed by atoms with Gasteiger partial charge in [-0.1, -0.05) is 19.9 Å². The smallest absolute Gasteiger partial charge is 0.0317 e. The third-order valence-electron chi connectivity index (χ3n) is 2.74. The lowest BCUT2D eigenvalue weighted by Crippen LogP contribution is -2.38. The van der Waals surface area contributed by atoms with Gasteiger partial charge in [-0.2, -0.15) is 0 Å². The molecule has 0 saturated carbocycles. The third kappa shape index (κ3) is 1.86. The molecule has 0 aliphatic carbocycles. The highest BCUT2D eigenvalue weighted by molar-refractivity contribution is 5.85. The molecule has 14 heavy (non-hydrogen) atoms. The quantitative estimate of drug-likeness (QED) is 0.647. The van der Waals surface area contributed by atoms with E-state index in [4.69, 9.17) is 5.73 Å². The van der Waals surface area contributed by atoms with Crippen LogP contribution in [0, 0.1) is 0 Å². The molecule has 0 fully saturated rings. The number of halogens is 1. The summed E-state index contributed by atoms with van der Waals surface area (Å²) in [6.07, 6.45) is 0. The van der Waals surface area contributed by atoms with Crippen LogP contribution in [0.4, 0.5) is 5.69 Å².